The molecule has 0 radical (unpaired) electrons. The fourth-order valence-electron chi connectivity index (χ4n) is 3.13. The largest absolute Gasteiger partial charge is 0.478 e. The Bertz CT molecular complexity index is 1200. The van der Waals surface area contributed by atoms with Gasteiger partial charge in [0.1, 0.15) is 17.6 Å². The number of hydrogen-bond acceptors (Lipinski definition) is 3. The molecule has 3 aromatic carbocycles. The number of para-hydroxylation sites is 1. The number of carboxylic acids is 1. The van der Waals surface area contributed by atoms with E-state index in [2.05, 4.69) is 4.98 Å². The Morgan fingerprint density at radius 2 is 1.50 bits per heavy atom. The van der Waals surface area contributed by atoms with E-state index < -0.39 is 11.8 Å². The molecule has 28 heavy (non-hydrogen) atoms. The average Bonchev–Trinajstić information content (AvgIpc) is 2.73. The van der Waals surface area contributed by atoms with Crippen LogP contribution in [0, 0.1) is 5.82 Å². The monoisotopic (exact) mass is 371 g/mol. The second-order valence-corrected chi connectivity index (χ2v) is 6.31. The molecule has 0 amide bonds. The van der Waals surface area contributed by atoms with Crippen LogP contribution in [0.25, 0.3) is 33.3 Å². The zero-order valence-corrected chi connectivity index (χ0v) is 14.6. The van der Waals surface area contributed by atoms with Crippen molar-refractivity contribution in [1.29, 1.82) is 0 Å². The van der Waals surface area contributed by atoms with E-state index in [0.29, 0.717) is 16.8 Å². The predicted molar refractivity (Wildman–Crippen MR) is 105 cm³/mol. The Morgan fingerprint density at radius 3 is 2.11 bits per heavy atom. The lowest BCUT2D eigenvalue weighted by atomic mass is 10.00. The molecule has 0 fully saturated rings. The number of carbonyl (C=O) groups is 2. The molecule has 4 nitrogen and oxygen atoms in total. The maximum Gasteiger partial charge on any atom is 0.336 e. The summed E-state index contributed by atoms with van der Waals surface area (Å²) in [5, 5.41) is 9.77. The van der Waals surface area contributed by atoms with Crippen LogP contribution in [0.1, 0.15) is 20.7 Å². The molecule has 1 aromatic heterocycles. The molecule has 0 spiro atoms. The summed E-state index contributed by atoms with van der Waals surface area (Å²) in [6.45, 7) is 0. The Balaban J connectivity index is 1.78. The number of aromatic nitrogens is 1. The van der Waals surface area contributed by atoms with Crippen molar-refractivity contribution in [3.63, 3.8) is 0 Å². The number of hydrogen-bond donors (Lipinski definition) is 1. The molecule has 4 aromatic rings. The first kappa shape index (κ1) is 17.5. The first-order valence-electron chi connectivity index (χ1n) is 8.55. The van der Waals surface area contributed by atoms with Crippen molar-refractivity contribution in [3.8, 4) is 22.4 Å². The normalized spacial score (nSPS) is 10.8. The molecule has 0 atom stereocenters. The fourth-order valence-corrected chi connectivity index (χ4v) is 3.13. The van der Waals surface area contributed by atoms with Gasteiger partial charge in [-0.2, -0.15) is 0 Å². The number of halogens is 1. The molecular formula is C23H14FNO3. The summed E-state index contributed by atoms with van der Waals surface area (Å²) in [7, 11) is 0. The first-order chi connectivity index (χ1) is 13.6. The van der Waals surface area contributed by atoms with Crippen molar-refractivity contribution in [2.45, 2.75) is 0 Å². The number of fused-ring (bicyclic) bond motifs is 1. The lowest BCUT2D eigenvalue weighted by Gasteiger charge is -2.09. The molecule has 5 heteroatoms. The molecular weight excluding hydrogens is 357 g/mol. The molecule has 0 aliphatic heterocycles. The number of benzene rings is 3. The Labute approximate surface area is 159 Å². The maximum absolute atomic E-state index is 14.2. The number of rotatable bonds is 4. The number of nitrogens with zero attached hydrogens (tertiary/aromatic N) is 1. The molecule has 1 N–H and O–H groups in total. The Morgan fingerprint density at radius 1 is 0.893 bits per heavy atom. The highest BCUT2D eigenvalue weighted by Crippen LogP contribution is 2.28. The highest BCUT2D eigenvalue weighted by Gasteiger charge is 2.15. The van der Waals surface area contributed by atoms with Crippen LogP contribution in [0.2, 0.25) is 0 Å². The van der Waals surface area contributed by atoms with Gasteiger partial charge in [0.05, 0.1) is 11.3 Å². The van der Waals surface area contributed by atoms with E-state index >= 15 is 0 Å². The van der Waals surface area contributed by atoms with Gasteiger partial charge in [-0.3, -0.25) is 4.79 Å². The van der Waals surface area contributed by atoms with E-state index in [1.807, 2.05) is 36.4 Å². The highest BCUT2D eigenvalue weighted by atomic mass is 19.1. The number of pyridine rings is 1. The number of aromatic carboxylic acids is 1. The van der Waals surface area contributed by atoms with Crippen LogP contribution in [0.15, 0.2) is 72.8 Å². The summed E-state index contributed by atoms with van der Waals surface area (Å²) >= 11 is 0. The van der Waals surface area contributed by atoms with Gasteiger partial charge in [0.25, 0.3) is 0 Å². The fraction of sp³-hybridized carbons (Fsp3) is 0. The van der Waals surface area contributed by atoms with Crippen LogP contribution in [-0.4, -0.2) is 22.3 Å². The number of carboxylic acid groups (broad SMARTS) is 1. The summed E-state index contributed by atoms with van der Waals surface area (Å²) in [4.78, 5) is 26.7. The van der Waals surface area contributed by atoms with E-state index in [-0.39, 0.29) is 16.5 Å². The molecule has 0 aliphatic rings. The van der Waals surface area contributed by atoms with Gasteiger partial charge in [-0.1, -0.05) is 60.7 Å². The first-order valence-corrected chi connectivity index (χ1v) is 8.55. The van der Waals surface area contributed by atoms with Crippen LogP contribution >= 0.6 is 0 Å². The van der Waals surface area contributed by atoms with Gasteiger partial charge in [0.15, 0.2) is 0 Å². The molecule has 4 rings (SSSR count). The van der Waals surface area contributed by atoms with Crippen LogP contribution in [0.4, 0.5) is 4.39 Å². The van der Waals surface area contributed by atoms with Gasteiger partial charge in [-0.25, -0.2) is 14.2 Å². The number of carbonyl (C=O) groups excluding carboxylic acids is 1. The summed E-state index contributed by atoms with van der Waals surface area (Å²) in [6, 6.07) is 20.3. The Kier molecular flexibility index (Phi) is 4.41. The minimum Gasteiger partial charge on any atom is -0.478 e. The van der Waals surface area contributed by atoms with Crippen molar-refractivity contribution < 1.29 is 19.1 Å². The summed E-state index contributed by atoms with van der Waals surface area (Å²) < 4.78 is 14.2. The molecule has 0 unspecified atom stereocenters. The zero-order chi connectivity index (χ0) is 19.7. The second-order valence-electron chi connectivity index (χ2n) is 6.31. The van der Waals surface area contributed by atoms with Crippen LogP contribution in [0.3, 0.4) is 0 Å². The topological polar surface area (TPSA) is 67.3 Å². The molecule has 0 aliphatic carbocycles. The summed E-state index contributed by atoms with van der Waals surface area (Å²) in [5.74, 6) is -1.69. The third-order valence-corrected chi connectivity index (χ3v) is 4.58. The van der Waals surface area contributed by atoms with Gasteiger partial charge in [0, 0.05) is 16.5 Å². The van der Waals surface area contributed by atoms with Gasteiger partial charge in [-0.05, 0) is 23.3 Å². The van der Waals surface area contributed by atoms with Gasteiger partial charge < -0.3 is 5.11 Å². The van der Waals surface area contributed by atoms with Gasteiger partial charge in [0.2, 0.25) is 0 Å². The molecule has 136 valence electrons. The summed E-state index contributed by atoms with van der Waals surface area (Å²) in [6.07, 6.45) is 0.789. The molecule has 0 saturated heterocycles. The Hall–Kier alpha value is -3.86. The van der Waals surface area contributed by atoms with Gasteiger partial charge >= 0.3 is 5.97 Å². The predicted octanol–water partition coefficient (Wildman–Crippen LogP) is 5.22. The zero-order valence-electron chi connectivity index (χ0n) is 14.6. The molecule has 1 heterocycles. The standard InChI is InChI=1S/C23H14FNO3/c24-20-3-1-2-18-19(23(27)28)12-21(25-22(18)20)17-10-8-16(9-11-17)15-6-4-14(13-26)5-7-15/h1-13H,(H,27,28). The van der Waals surface area contributed by atoms with Crippen molar-refractivity contribution in [1.82, 2.24) is 4.98 Å². The van der Waals surface area contributed by atoms with Crippen molar-refractivity contribution in [2.75, 3.05) is 0 Å². The maximum atomic E-state index is 14.2. The third kappa shape index (κ3) is 3.14. The van der Waals surface area contributed by atoms with Crippen molar-refractivity contribution >= 4 is 23.2 Å². The number of aldehydes is 1. The van der Waals surface area contributed by atoms with Crippen molar-refractivity contribution in [3.05, 3.63) is 89.7 Å². The lowest BCUT2D eigenvalue weighted by Crippen LogP contribution is -2.01. The van der Waals surface area contributed by atoms with E-state index in [1.54, 1.807) is 18.2 Å². The third-order valence-electron chi connectivity index (χ3n) is 4.58. The van der Waals surface area contributed by atoms with E-state index in [4.69, 9.17) is 0 Å². The quantitative estimate of drug-likeness (QED) is 0.500. The minimum absolute atomic E-state index is 0.00743. The average molecular weight is 371 g/mol. The second kappa shape index (κ2) is 7.04. The smallest absolute Gasteiger partial charge is 0.336 e. The van der Waals surface area contributed by atoms with Crippen LogP contribution in [0.5, 0.6) is 0 Å². The molecule has 0 saturated carbocycles. The summed E-state index contributed by atoms with van der Waals surface area (Å²) in [5.41, 5.74) is 3.59. The lowest BCUT2D eigenvalue weighted by molar-refractivity contribution is 0.0699. The SMILES string of the molecule is O=Cc1ccc(-c2ccc(-c3cc(C(=O)O)c4cccc(F)c4n3)cc2)cc1. The minimum atomic E-state index is -1.13. The highest BCUT2D eigenvalue weighted by molar-refractivity contribution is 6.03. The van der Waals surface area contributed by atoms with Crippen LogP contribution < -0.4 is 0 Å². The van der Waals surface area contributed by atoms with E-state index in [1.165, 1.54) is 18.2 Å². The van der Waals surface area contributed by atoms with E-state index in [0.717, 1.165) is 17.4 Å². The molecule has 0 bridgehead atoms. The van der Waals surface area contributed by atoms with Crippen LogP contribution in [-0.2, 0) is 0 Å². The van der Waals surface area contributed by atoms with Crippen molar-refractivity contribution in [2.24, 2.45) is 0 Å². The van der Waals surface area contributed by atoms with E-state index in [9.17, 15) is 19.1 Å². The van der Waals surface area contributed by atoms with Gasteiger partial charge in [-0.15, -0.1) is 0 Å².